The molecule has 0 fully saturated rings. The van der Waals surface area contributed by atoms with E-state index in [4.69, 9.17) is 9.47 Å². The predicted molar refractivity (Wildman–Crippen MR) is 124 cm³/mol. The highest BCUT2D eigenvalue weighted by Gasteiger charge is 2.34. The zero-order valence-electron chi connectivity index (χ0n) is 17.8. The van der Waals surface area contributed by atoms with E-state index in [1.54, 1.807) is 6.07 Å². The summed E-state index contributed by atoms with van der Waals surface area (Å²) >= 11 is 0. The number of carbonyl (C=O) groups excluding carboxylic acids is 1. The Bertz CT molecular complexity index is 1440. The molecular weight excluding hydrogens is 414 g/mol. The number of ether oxygens (including phenoxy) is 2. The van der Waals surface area contributed by atoms with E-state index in [1.165, 1.54) is 4.80 Å². The summed E-state index contributed by atoms with van der Waals surface area (Å²) in [4.78, 5) is 15.1. The maximum Gasteiger partial charge on any atom is 0.323 e. The summed E-state index contributed by atoms with van der Waals surface area (Å²) in [5.41, 5.74) is 4.70. The van der Waals surface area contributed by atoms with Gasteiger partial charge in [0, 0.05) is 11.1 Å². The van der Waals surface area contributed by atoms with Crippen LogP contribution in [0.2, 0.25) is 0 Å². The molecule has 0 saturated heterocycles. The van der Waals surface area contributed by atoms with Gasteiger partial charge in [-0.2, -0.15) is 0 Å². The highest BCUT2D eigenvalue weighted by Crippen LogP contribution is 2.44. The third-order valence-electron chi connectivity index (χ3n) is 5.74. The van der Waals surface area contributed by atoms with Crippen LogP contribution in [0.4, 0.5) is 0 Å². The van der Waals surface area contributed by atoms with Crippen molar-refractivity contribution in [2.45, 2.75) is 12.8 Å². The van der Waals surface area contributed by atoms with E-state index in [9.17, 15) is 4.79 Å². The van der Waals surface area contributed by atoms with Gasteiger partial charge in [-0.1, -0.05) is 54.6 Å². The van der Waals surface area contributed by atoms with Crippen molar-refractivity contribution in [3.63, 3.8) is 0 Å². The third-order valence-corrected chi connectivity index (χ3v) is 5.74. The highest BCUT2D eigenvalue weighted by atomic mass is 16.5. The Labute approximate surface area is 190 Å². The number of nitrogens with zero attached hydrogens (tertiary/aromatic N) is 3. The maximum absolute atomic E-state index is 13.6. The molecule has 4 aromatic carbocycles. The van der Waals surface area contributed by atoms with Gasteiger partial charge in [-0.25, -0.2) is 0 Å². The van der Waals surface area contributed by atoms with Crippen molar-refractivity contribution in [1.82, 2.24) is 15.0 Å². The lowest BCUT2D eigenvalue weighted by molar-refractivity contribution is -0.135. The van der Waals surface area contributed by atoms with E-state index in [2.05, 4.69) is 10.2 Å². The standard InChI is InChI=1S/C27H19N3O3/c1-17-14-15-25(22(16-17)30-28-20-10-4-5-11-21(20)29-30)33-27(31)26-18-8-2-6-12-23(18)32-24-13-7-3-9-19(24)26/h2-16,26H,1H3. The molecule has 33 heavy (non-hydrogen) atoms. The van der Waals surface area contributed by atoms with Gasteiger partial charge >= 0.3 is 5.97 Å². The van der Waals surface area contributed by atoms with Gasteiger partial charge in [-0.15, -0.1) is 15.0 Å². The Balaban J connectivity index is 1.42. The SMILES string of the molecule is Cc1ccc(OC(=O)C2c3ccccc3Oc3ccccc32)c(-n2nc3ccccc3n2)c1. The molecule has 0 saturated carbocycles. The van der Waals surface area contributed by atoms with Gasteiger partial charge < -0.3 is 9.47 Å². The average molecular weight is 433 g/mol. The molecule has 0 spiro atoms. The van der Waals surface area contributed by atoms with Crippen molar-refractivity contribution < 1.29 is 14.3 Å². The van der Waals surface area contributed by atoms with Crippen molar-refractivity contribution in [2.24, 2.45) is 0 Å². The van der Waals surface area contributed by atoms with Crippen LogP contribution < -0.4 is 9.47 Å². The Morgan fingerprint density at radius 3 is 2.03 bits per heavy atom. The second-order valence-corrected chi connectivity index (χ2v) is 7.98. The Morgan fingerprint density at radius 1 is 0.818 bits per heavy atom. The second-order valence-electron chi connectivity index (χ2n) is 7.98. The van der Waals surface area contributed by atoms with Gasteiger partial charge in [0.2, 0.25) is 0 Å². The van der Waals surface area contributed by atoms with Crippen LogP contribution in [0.1, 0.15) is 22.6 Å². The maximum atomic E-state index is 13.6. The molecule has 2 heterocycles. The summed E-state index contributed by atoms with van der Waals surface area (Å²) in [6, 6.07) is 28.3. The van der Waals surface area contributed by atoms with Crippen molar-refractivity contribution in [3.8, 4) is 22.9 Å². The zero-order valence-corrected chi connectivity index (χ0v) is 17.8. The first-order valence-electron chi connectivity index (χ1n) is 10.7. The number of aryl methyl sites for hydroxylation is 1. The van der Waals surface area contributed by atoms with Gasteiger partial charge in [-0.3, -0.25) is 4.79 Å². The lowest BCUT2D eigenvalue weighted by Crippen LogP contribution is -2.24. The Morgan fingerprint density at radius 2 is 1.39 bits per heavy atom. The van der Waals surface area contributed by atoms with Crippen molar-refractivity contribution in [2.75, 3.05) is 0 Å². The third kappa shape index (κ3) is 3.32. The number of fused-ring (bicyclic) bond motifs is 3. The van der Waals surface area contributed by atoms with E-state index >= 15 is 0 Å². The summed E-state index contributed by atoms with van der Waals surface area (Å²) in [7, 11) is 0. The number of carbonyl (C=O) groups is 1. The molecule has 1 aromatic heterocycles. The van der Waals surface area contributed by atoms with E-state index < -0.39 is 5.92 Å². The molecule has 0 aliphatic carbocycles. The fourth-order valence-corrected chi connectivity index (χ4v) is 4.17. The molecule has 0 radical (unpaired) electrons. The van der Waals surface area contributed by atoms with Crippen LogP contribution in [-0.4, -0.2) is 21.0 Å². The van der Waals surface area contributed by atoms with Crippen LogP contribution >= 0.6 is 0 Å². The number of esters is 1. The molecule has 5 aromatic rings. The Hall–Kier alpha value is -4.45. The van der Waals surface area contributed by atoms with Gasteiger partial charge in [0.25, 0.3) is 0 Å². The van der Waals surface area contributed by atoms with E-state index in [1.807, 2.05) is 91.9 Å². The molecule has 160 valence electrons. The smallest absolute Gasteiger partial charge is 0.323 e. The lowest BCUT2D eigenvalue weighted by atomic mass is 9.88. The van der Waals surface area contributed by atoms with Gasteiger partial charge in [-0.05, 0) is 48.9 Å². The van der Waals surface area contributed by atoms with Gasteiger partial charge in [0.05, 0.1) is 0 Å². The largest absolute Gasteiger partial charge is 0.457 e. The first-order valence-corrected chi connectivity index (χ1v) is 10.7. The van der Waals surface area contributed by atoms with Crippen LogP contribution in [0.3, 0.4) is 0 Å². The molecule has 6 nitrogen and oxygen atoms in total. The summed E-state index contributed by atoms with van der Waals surface area (Å²) in [5.74, 6) is 0.710. The van der Waals surface area contributed by atoms with Crippen LogP contribution in [0, 0.1) is 6.92 Å². The first-order chi connectivity index (χ1) is 16.2. The number of para-hydroxylation sites is 2. The Kier molecular flexibility index (Phi) is 4.43. The second kappa shape index (κ2) is 7.60. The van der Waals surface area contributed by atoms with Crippen molar-refractivity contribution in [3.05, 3.63) is 108 Å². The molecule has 6 rings (SSSR count). The molecule has 0 unspecified atom stereocenters. The van der Waals surface area contributed by atoms with Crippen molar-refractivity contribution >= 4 is 17.0 Å². The predicted octanol–water partition coefficient (Wildman–Crippen LogP) is 5.57. The minimum absolute atomic E-state index is 0.389. The van der Waals surface area contributed by atoms with Crippen LogP contribution in [-0.2, 0) is 4.79 Å². The average Bonchev–Trinajstić information content (AvgIpc) is 3.27. The summed E-state index contributed by atoms with van der Waals surface area (Å²) in [6.07, 6.45) is 0. The number of rotatable bonds is 3. The number of hydrogen-bond acceptors (Lipinski definition) is 5. The summed E-state index contributed by atoms with van der Waals surface area (Å²) in [6.45, 7) is 1.98. The van der Waals surface area contributed by atoms with Gasteiger partial charge in [0.1, 0.15) is 34.1 Å². The van der Waals surface area contributed by atoms with Crippen LogP contribution in [0.5, 0.6) is 17.2 Å². The summed E-state index contributed by atoms with van der Waals surface area (Å²) < 4.78 is 12.0. The van der Waals surface area contributed by atoms with Crippen LogP contribution in [0.25, 0.3) is 16.7 Å². The van der Waals surface area contributed by atoms with E-state index in [0.29, 0.717) is 22.9 Å². The topological polar surface area (TPSA) is 66.2 Å². The van der Waals surface area contributed by atoms with E-state index in [0.717, 1.165) is 27.7 Å². The highest BCUT2D eigenvalue weighted by molar-refractivity contribution is 5.87. The summed E-state index contributed by atoms with van der Waals surface area (Å²) in [5, 5.41) is 9.14. The fraction of sp³-hybridized carbons (Fsp3) is 0.0741. The molecule has 0 bridgehead atoms. The van der Waals surface area contributed by atoms with E-state index in [-0.39, 0.29) is 5.97 Å². The minimum Gasteiger partial charge on any atom is -0.457 e. The normalized spacial score (nSPS) is 12.6. The minimum atomic E-state index is -0.607. The van der Waals surface area contributed by atoms with Gasteiger partial charge in [0.15, 0.2) is 5.75 Å². The first kappa shape index (κ1) is 19.3. The molecule has 1 aliphatic heterocycles. The van der Waals surface area contributed by atoms with Crippen molar-refractivity contribution in [1.29, 1.82) is 0 Å². The fourth-order valence-electron chi connectivity index (χ4n) is 4.17. The molecule has 1 aliphatic rings. The molecule has 6 heteroatoms. The molecule has 0 amide bonds. The quantitative estimate of drug-likeness (QED) is 0.275. The van der Waals surface area contributed by atoms with Crippen LogP contribution in [0.15, 0.2) is 91.0 Å². The molecule has 0 atom stereocenters. The zero-order chi connectivity index (χ0) is 22.4. The molecule has 0 N–H and O–H groups in total. The molecular formula is C27H19N3O3. The number of aromatic nitrogens is 3. The number of benzene rings is 4. The monoisotopic (exact) mass is 433 g/mol. The number of hydrogen-bond donors (Lipinski definition) is 0. The lowest BCUT2D eigenvalue weighted by Gasteiger charge is -2.27.